The zero-order valence-electron chi connectivity index (χ0n) is 15.1. The summed E-state index contributed by atoms with van der Waals surface area (Å²) in [4.78, 5) is 12.0. The molecule has 1 N–H and O–H groups in total. The van der Waals surface area contributed by atoms with Crippen molar-refractivity contribution in [3.8, 4) is 0 Å². The molecule has 1 aromatic carbocycles. The Kier molecular flexibility index (Phi) is 5.64. The van der Waals surface area contributed by atoms with Crippen LogP contribution in [0.15, 0.2) is 30.3 Å². The second kappa shape index (κ2) is 6.99. The molecule has 1 amide bonds. The Balaban J connectivity index is 1.93. The first-order valence-corrected chi connectivity index (χ1v) is 12.2. The summed E-state index contributed by atoms with van der Waals surface area (Å²) < 4.78 is 6.42. The third-order valence-corrected chi connectivity index (χ3v) is 10.8. The standard InChI is InChI=1S/C18H29NO2SSi/c1-13(21-23(5,6)18(2,3)4)15-16(20)19-17(15)22-12-14-10-8-7-9-11-14/h7-11,13,15,17H,12H2,1-6H3,(H,19,20)/t13-,15+,17-/m1/s1. The fourth-order valence-electron chi connectivity index (χ4n) is 2.45. The van der Waals surface area contributed by atoms with Gasteiger partial charge < -0.3 is 9.74 Å². The smallest absolute Gasteiger partial charge is 0.229 e. The fraction of sp³-hybridized carbons (Fsp3) is 0.611. The number of carbonyl (C=O) groups is 1. The van der Waals surface area contributed by atoms with E-state index in [0.29, 0.717) is 0 Å². The summed E-state index contributed by atoms with van der Waals surface area (Å²) in [7, 11) is -1.85. The predicted molar refractivity (Wildman–Crippen MR) is 101 cm³/mol. The van der Waals surface area contributed by atoms with Gasteiger partial charge in [-0.2, -0.15) is 0 Å². The lowest BCUT2D eigenvalue weighted by molar-refractivity contribution is -0.136. The molecule has 0 unspecified atom stereocenters. The molecule has 0 aromatic heterocycles. The second-order valence-corrected chi connectivity index (χ2v) is 13.7. The number of nitrogens with one attached hydrogen (secondary N) is 1. The largest absolute Gasteiger partial charge is 0.413 e. The number of hydrogen-bond donors (Lipinski definition) is 1. The molecule has 0 spiro atoms. The van der Waals surface area contributed by atoms with E-state index in [2.05, 4.69) is 70.4 Å². The van der Waals surface area contributed by atoms with E-state index in [1.165, 1.54) is 5.56 Å². The van der Waals surface area contributed by atoms with E-state index in [0.717, 1.165) is 5.75 Å². The van der Waals surface area contributed by atoms with Crippen LogP contribution in [0.5, 0.6) is 0 Å². The van der Waals surface area contributed by atoms with Gasteiger partial charge in [-0.15, -0.1) is 11.8 Å². The van der Waals surface area contributed by atoms with E-state index in [1.807, 2.05) is 6.07 Å². The van der Waals surface area contributed by atoms with Crippen molar-refractivity contribution >= 4 is 26.0 Å². The van der Waals surface area contributed by atoms with Gasteiger partial charge in [0, 0.05) is 5.75 Å². The molecule has 2 rings (SSSR count). The van der Waals surface area contributed by atoms with Gasteiger partial charge in [-0.1, -0.05) is 51.1 Å². The maximum absolute atomic E-state index is 12.0. The Morgan fingerprint density at radius 3 is 2.39 bits per heavy atom. The van der Waals surface area contributed by atoms with Crippen LogP contribution >= 0.6 is 11.8 Å². The number of carbonyl (C=O) groups excluding carboxylic acids is 1. The fourth-order valence-corrected chi connectivity index (χ4v) is 5.19. The lowest BCUT2D eigenvalue weighted by atomic mass is 9.96. The highest BCUT2D eigenvalue weighted by Gasteiger charge is 2.47. The first kappa shape index (κ1) is 18.6. The van der Waals surface area contributed by atoms with Crippen LogP contribution in [0.2, 0.25) is 18.1 Å². The zero-order chi connectivity index (χ0) is 17.3. The predicted octanol–water partition coefficient (Wildman–Crippen LogP) is 4.40. The zero-order valence-corrected chi connectivity index (χ0v) is 16.9. The Morgan fingerprint density at radius 2 is 1.87 bits per heavy atom. The van der Waals surface area contributed by atoms with E-state index < -0.39 is 8.32 Å². The maximum atomic E-state index is 12.0. The first-order chi connectivity index (χ1) is 10.6. The number of thioether (sulfide) groups is 1. The van der Waals surface area contributed by atoms with Gasteiger partial charge in [0.1, 0.15) is 0 Å². The normalized spacial score (nSPS) is 23.1. The van der Waals surface area contributed by atoms with Gasteiger partial charge in [0.05, 0.1) is 17.4 Å². The highest BCUT2D eigenvalue weighted by molar-refractivity contribution is 7.99. The molecule has 1 fully saturated rings. The molecule has 1 aromatic rings. The average molecular weight is 352 g/mol. The Bertz CT molecular complexity index is 542. The molecule has 3 nitrogen and oxygen atoms in total. The lowest BCUT2D eigenvalue weighted by Gasteiger charge is -2.45. The Labute approximate surface area is 145 Å². The van der Waals surface area contributed by atoms with Gasteiger partial charge in [-0.3, -0.25) is 4.79 Å². The van der Waals surface area contributed by atoms with E-state index >= 15 is 0 Å². The van der Waals surface area contributed by atoms with E-state index in [1.54, 1.807) is 11.8 Å². The molecule has 1 aliphatic rings. The van der Waals surface area contributed by atoms with E-state index in [9.17, 15) is 4.79 Å². The van der Waals surface area contributed by atoms with Gasteiger partial charge in [-0.25, -0.2) is 0 Å². The summed E-state index contributed by atoms with van der Waals surface area (Å²) in [5.41, 5.74) is 1.29. The molecule has 0 aliphatic carbocycles. The lowest BCUT2D eigenvalue weighted by Crippen LogP contribution is -2.62. The van der Waals surface area contributed by atoms with Crippen LogP contribution in [0, 0.1) is 5.92 Å². The summed E-state index contributed by atoms with van der Waals surface area (Å²) in [5, 5.41) is 3.34. The molecular weight excluding hydrogens is 322 g/mol. The summed E-state index contributed by atoms with van der Waals surface area (Å²) in [5.74, 6) is 0.995. The molecule has 1 heterocycles. The van der Waals surface area contributed by atoms with Crippen molar-refractivity contribution in [2.45, 2.75) is 63.1 Å². The number of β-lactam (4-membered cyclic amide) rings is 1. The number of benzene rings is 1. The van der Waals surface area contributed by atoms with Gasteiger partial charge in [0.2, 0.25) is 5.91 Å². The molecule has 0 saturated carbocycles. The molecule has 128 valence electrons. The van der Waals surface area contributed by atoms with Crippen molar-refractivity contribution in [3.05, 3.63) is 35.9 Å². The molecular formula is C18H29NO2SSi. The quantitative estimate of drug-likeness (QED) is 0.610. The van der Waals surface area contributed by atoms with Gasteiger partial charge in [-0.05, 0) is 30.6 Å². The summed E-state index contributed by atoms with van der Waals surface area (Å²) in [6.07, 6.45) is -0.0297. The summed E-state index contributed by atoms with van der Waals surface area (Å²) >= 11 is 1.79. The van der Waals surface area contributed by atoms with Crippen molar-refractivity contribution in [2.24, 2.45) is 5.92 Å². The van der Waals surface area contributed by atoms with Crippen molar-refractivity contribution in [1.29, 1.82) is 0 Å². The SMILES string of the molecule is C[C@@H](O[Si](C)(C)C(C)(C)C)[C@H]1C(=O)N[C@@H]1SCc1ccccc1. The van der Waals surface area contributed by atoms with Crippen LogP contribution in [0.3, 0.4) is 0 Å². The summed E-state index contributed by atoms with van der Waals surface area (Å²) in [6.45, 7) is 13.2. The molecule has 5 heteroatoms. The van der Waals surface area contributed by atoms with Crippen LogP contribution in [0.1, 0.15) is 33.3 Å². The minimum atomic E-state index is -1.85. The minimum absolute atomic E-state index is 0.0297. The van der Waals surface area contributed by atoms with Crippen LogP contribution in [-0.4, -0.2) is 25.7 Å². The maximum Gasteiger partial charge on any atom is 0.229 e. The molecule has 0 bridgehead atoms. The van der Waals surface area contributed by atoms with Crippen molar-refractivity contribution < 1.29 is 9.22 Å². The van der Waals surface area contributed by atoms with Gasteiger partial charge in [0.15, 0.2) is 8.32 Å². The van der Waals surface area contributed by atoms with Crippen molar-refractivity contribution in [1.82, 2.24) is 5.32 Å². The van der Waals surface area contributed by atoms with Crippen LogP contribution in [0.4, 0.5) is 0 Å². The highest BCUT2D eigenvalue weighted by Crippen LogP contribution is 2.40. The minimum Gasteiger partial charge on any atom is -0.413 e. The van der Waals surface area contributed by atoms with Gasteiger partial charge >= 0.3 is 0 Å². The summed E-state index contributed by atoms with van der Waals surface area (Å²) in [6, 6.07) is 10.4. The Hall–Kier alpha value is -0.783. The number of amides is 1. The van der Waals surface area contributed by atoms with Crippen molar-refractivity contribution in [3.63, 3.8) is 0 Å². The van der Waals surface area contributed by atoms with Crippen molar-refractivity contribution in [2.75, 3.05) is 0 Å². The van der Waals surface area contributed by atoms with Crippen LogP contribution < -0.4 is 5.32 Å². The van der Waals surface area contributed by atoms with Gasteiger partial charge in [0.25, 0.3) is 0 Å². The number of hydrogen-bond acceptors (Lipinski definition) is 3. The molecule has 23 heavy (non-hydrogen) atoms. The highest BCUT2D eigenvalue weighted by atomic mass is 32.2. The topological polar surface area (TPSA) is 38.3 Å². The van der Waals surface area contributed by atoms with E-state index in [4.69, 9.17) is 4.43 Å². The van der Waals surface area contributed by atoms with E-state index in [-0.39, 0.29) is 28.3 Å². The number of rotatable bonds is 6. The van der Waals surface area contributed by atoms with Crippen LogP contribution in [0.25, 0.3) is 0 Å². The molecule has 1 saturated heterocycles. The average Bonchev–Trinajstić information content (AvgIpc) is 2.42. The monoisotopic (exact) mass is 351 g/mol. The third kappa shape index (κ3) is 4.40. The second-order valence-electron chi connectivity index (χ2n) is 7.83. The Morgan fingerprint density at radius 1 is 1.26 bits per heavy atom. The molecule has 1 aliphatic heterocycles. The molecule has 0 radical (unpaired) electrons. The third-order valence-electron chi connectivity index (χ3n) is 4.98. The molecule has 3 atom stereocenters. The first-order valence-electron chi connectivity index (χ1n) is 8.25. The van der Waals surface area contributed by atoms with Crippen LogP contribution in [-0.2, 0) is 15.0 Å².